The Morgan fingerprint density at radius 1 is 1.27 bits per heavy atom. The number of hydrogen-bond donors (Lipinski definition) is 1. The third-order valence-corrected chi connectivity index (χ3v) is 6.64. The van der Waals surface area contributed by atoms with Gasteiger partial charge in [-0.25, -0.2) is 0 Å². The molecule has 1 aromatic heterocycles. The largest absolute Gasteiger partial charge is 0.327 e. The van der Waals surface area contributed by atoms with E-state index in [0.717, 1.165) is 6.42 Å². The topological polar surface area (TPSA) is 32.5 Å². The molecule has 1 aliphatic heterocycles. The smallest absolute Gasteiger partial charge is 0.0360 e. The van der Waals surface area contributed by atoms with E-state index >= 15 is 0 Å². The summed E-state index contributed by atoms with van der Waals surface area (Å²) in [6.45, 7) is 9.31. The second-order valence-corrected chi connectivity index (χ2v) is 8.67. The molecule has 2 atom stereocenters. The van der Waals surface area contributed by atoms with Crippen molar-refractivity contribution in [3.05, 3.63) is 21.4 Å². The number of piperazine rings is 1. The normalized spacial score (nSPS) is 25.4. The van der Waals surface area contributed by atoms with Crippen LogP contribution in [-0.4, -0.2) is 49.1 Å². The number of nitrogens with zero attached hydrogens (tertiary/aromatic N) is 2. The van der Waals surface area contributed by atoms with Gasteiger partial charge in [-0.05, 0) is 50.3 Å². The van der Waals surface area contributed by atoms with Crippen molar-refractivity contribution in [1.82, 2.24) is 9.80 Å². The zero-order valence-corrected chi connectivity index (χ0v) is 15.2. The molecule has 0 amide bonds. The first kappa shape index (κ1) is 16.4. The fraction of sp³-hybridized carbons (Fsp3) is 0.778. The van der Waals surface area contributed by atoms with E-state index < -0.39 is 0 Å². The number of hydrogen-bond acceptors (Lipinski definition) is 4. The number of aryl methyl sites for hydroxylation is 1. The van der Waals surface area contributed by atoms with Crippen LogP contribution in [0.15, 0.2) is 6.07 Å². The first-order chi connectivity index (χ1) is 10.5. The predicted molar refractivity (Wildman–Crippen MR) is 95.6 cm³/mol. The van der Waals surface area contributed by atoms with E-state index in [-0.39, 0.29) is 0 Å². The third-order valence-electron chi connectivity index (χ3n) is 5.40. The molecular weight excluding hydrogens is 290 g/mol. The molecule has 0 radical (unpaired) electrons. The van der Waals surface area contributed by atoms with E-state index in [1.54, 1.807) is 10.4 Å². The maximum atomic E-state index is 6.29. The minimum atomic E-state index is 0.294. The molecule has 1 saturated heterocycles. The Morgan fingerprint density at radius 2 is 2.00 bits per heavy atom. The third kappa shape index (κ3) is 3.56. The molecule has 4 heteroatoms. The summed E-state index contributed by atoms with van der Waals surface area (Å²) in [6, 6.07) is 3.45. The number of likely N-dealkylation sites (N-methyl/N-ethyl adjacent to an activating group) is 1. The van der Waals surface area contributed by atoms with Gasteiger partial charge in [0.2, 0.25) is 0 Å². The predicted octanol–water partition coefficient (Wildman–Crippen LogP) is 2.90. The quantitative estimate of drug-likeness (QED) is 0.925. The number of fused-ring (bicyclic) bond motifs is 1. The molecule has 2 unspecified atom stereocenters. The molecule has 2 aliphatic rings. The highest BCUT2D eigenvalue weighted by atomic mass is 32.1. The fourth-order valence-electron chi connectivity index (χ4n) is 3.67. The van der Waals surface area contributed by atoms with Gasteiger partial charge in [0.15, 0.2) is 0 Å². The van der Waals surface area contributed by atoms with Crippen LogP contribution in [-0.2, 0) is 12.8 Å². The van der Waals surface area contributed by atoms with E-state index in [1.807, 2.05) is 11.3 Å². The minimum Gasteiger partial charge on any atom is -0.327 e. The van der Waals surface area contributed by atoms with Gasteiger partial charge in [0.05, 0.1) is 0 Å². The number of thiophene rings is 1. The highest BCUT2D eigenvalue weighted by molar-refractivity contribution is 7.12. The highest BCUT2D eigenvalue weighted by Gasteiger charge is 2.29. The van der Waals surface area contributed by atoms with E-state index in [2.05, 4.69) is 36.8 Å². The summed E-state index contributed by atoms with van der Waals surface area (Å²) in [6.07, 6.45) is 5.01. The summed E-state index contributed by atoms with van der Waals surface area (Å²) in [5, 5.41) is 0. The Morgan fingerprint density at radius 3 is 2.68 bits per heavy atom. The summed E-state index contributed by atoms with van der Waals surface area (Å²) in [4.78, 5) is 8.31. The standard InChI is InChI=1S/C18H31N3S/c1-13(2)16(19)12-14-11-15-17(5-4-6-18(15)22-14)21-9-7-20(3)8-10-21/h11,13,16-17H,4-10,12,19H2,1-3H3. The van der Waals surface area contributed by atoms with Crippen LogP contribution in [0, 0.1) is 5.92 Å². The molecular formula is C18H31N3S. The van der Waals surface area contributed by atoms with Crippen molar-refractivity contribution in [1.29, 1.82) is 0 Å². The molecule has 124 valence electrons. The SMILES string of the molecule is CC(C)C(N)Cc1cc2c(s1)CCCC2N1CCN(C)CC1. The summed E-state index contributed by atoms with van der Waals surface area (Å²) < 4.78 is 0. The molecule has 0 spiro atoms. The van der Waals surface area contributed by atoms with Gasteiger partial charge in [0.25, 0.3) is 0 Å². The van der Waals surface area contributed by atoms with Gasteiger partial charge in [-0.15, -0.1) is 11.3 Å². The first-order valence-corrected chi connectivity index (χ1v) is 9.66. The van der Waals surface area contributed by atoms with E-state index in [9.17, 15) is 0 Å². The molecule has 1 aromatic rings. The molecule has 1 fully saturated rings. The molecule has 2 N–H and O–H groups in total. The lowest BCUT2D eigenvalue weighted by Gasteiger charge is -2.39. The monoisotopic (exact) mass is 321 g/mol. The Hall–Kier alpha value is -0.420. The van der Waals surface area contributed by atoms with Gasteiger partial charge in [-0.1, -0.05) is 13.8 Å². The van der Waals surface area contributed by atoms with Crippen molar-refractivity contribution in [2.75, 3.05) is 33.2 Å². The van der Waals surface area contributed by atoms with E-state index in [0.29, 0.717) is 18.0 Å². The molecule has 0 aromatic carbocycles. The molecule has 2 heterocycles. The molecule has 0 bridgehead atoms. The van der Waals surface area contributed by atoms with Crippen molar-refractivity contribution in [3.8, 4) is 0 Å². The van der Waals surface area contributed by atoms with Gasteiger partial charge < -0.3 is 10.6 Å². The molecule has 3 rings (SSSR count). The van der Waals surface area contributed by atoms with Crippen LogP contribution in [0.4, 0.5) is 0 Å². The minimum absolute atomic E-state index is 0.294. The first-order valence-electron chi connectivity index (χ1n) is 8.84. The summed E-state index contributed by atoms with van der Waals surface area (Å²) in [5.41, 5.74) is 7.92. The van der Waals surface area contributed by atoms with Crippen LogP contribution < -0.4 is 5.73 Å². The van der Waals surface area contributed by atoms with Gasteiger partial charge in [0, 0.05) is 48.0 Å². The van der Waals surface area contributed by atoms with Crippen LogP contribution in [0.5, 0.6) is 0 Å². The van der Waals surface area contributed by atoms with Crippen LogP contribution >= 0.6 is 11.3 Å². The zero-order valence-electron chi connectivity index (χ0n) is 14.3. The second-order valence-electron chi connectivity index (χ2n) is 7.45. The fourth-order valence-corrected chi connectivity index (χ4v) is 5.01. The van der Waals surface area contributed by atoms with Crippen molar-refractivity contribution >= 4 is 11.3 Å². The average molecular weight is 322 g/mol. The van der Waals surface area contributed by atoms with Crippen LogP contribution in [0.25, 0.3) is 0 Å². The van der Waals surface area contributed by atoms with Crippen LogP contribution in [0.1, 0.15) is 48.0 Å². The van der Waals surface area contributed by atoms with Crippen molar-refractivity contribution in [2.24, 2.45) is 11.7 Å². The molecule has 22 heavy (non-hydrogen) atoms. The van der Waals surface area contributed by atoms with Crippen molar-refractivity contribution in [2.45, 2.75) is 51.6 Å². The van der Waals surface area contributed by atoms with Crippen LogP contribution in [0.3, 0.4) is 0 Å². The summed E-state index contributed by atoms with van der Waals surface area (Å²) in [7, 11) is 2.24. The van der Waals surface area contributed by atoms with E-state index in [1.165, 1.54) is 50.3 Å². The molecule has 0 saturated carbocycles. The summed E-state index contributed by atoms with van der Waals surface area (Å²) >= 11 is 2.03. The number of rotatable bonds is 4. The van der Waals surface area contributed by atoms with Crippen LogP contribution in [0.2, 0.25) is 0 Å². The van der Waals surface area contributed by atoms with E-state index in [4.69, 9.17) is 5.73 Å². The van der Waals surface area contributed by atoms with Crippen molar-refractivity contribution in [3.63, 3.8) is 0 Å². The molecule has 1 aliphatic carbocycles. The summed E-state index contributed by atoms with van der Waals surface area (Å²) in [5.74, 6) is 0.563. The number of nitrogens with two attached hydrogens (primary N) is 1. The average Bonchev–Trinajstić information content (AvgIpc) is 2.90. The lowest BCUT2D eigenvalue weighted by atomic mass is 9.91. The van der Waals surface area contributed by atoms with Gasteiger partial charge >= 0.3 is 0 Å². The second kappa shape index (κ2) is 7.00. The zero-order chi connectivity index (χ0) is 15.7. The maximum absolute atomic E-state index is 6.29. The highest BCUT2D eigenvalue weighted by Crippen LogP contribution is 2.39. The van der Waals surface area contributed by atoms with Gasteiger partial charge in [-0.3, -0.25) is 4.90 Å². The Bertz CT molecular complexity index is 489. The van der Waals surface area contributed by atoms with Crippen molar-refractivity contribution < 1.29 is 0 Å². The Labute approximate surface area is 139 Å². The lowest BCUT2D eigenvalue weighted by molar-refractivity contribution is 0.103. The molecule has 3 nitrogen and oxygen atoms in total. The van der Waals surface area contributed by atoms with Gasteiger partial charge in [-0.2, -0.15) is 0 Å². The Kier molecular flexibility index (Phi) is 5.23. The maximum Gasteiger partial charge on any atom is 0.0360 e. The van der Waals surface area contributed by atoms with Gasteiger partial charge in [0.1, 0.15) is 0 Å². The lowest BCUT2D eigenvalue weighted by Crippen LogP contribution is -2.46. The Balaban J connectivity index is 1.74.